The number of anilines is 1. The molecular weight excluding hydrogens is 210 g/mol. The summed E-state index contributed by atoms with van der Waals surface area (Å²) in [6, 6.07) is 0. The maximum atomic E-state index is 11.4. The fourth-order valence-corrected chi connectivity index (χ4v) is 1.01. The van der Waals surface area contributed by atoms with Gasteiger partial charge in [-0.15, -0.1) is 5.10 Å². The number of oxazole rings is 1. The van der Waals surface area contributed by atoms with Crippen LogP contribution in [0.1, 0.15) is 13.8 Å². The molecule has 0 aliphatic rings. The molecule has 7 heteroatoms. The first kappa shape index (κ1) is 10.3. The van der Waals surface area contributed by atoms with Crippen LogP contribution in [-0.4, -0.2) is 26.1 Å². The zero-order valence-corrected chi connectivity index (χ0v) is 8.89. The van der Waals surface area contributed by atoms with Crippen LogP contribution in [0.3, 0.4) is 0 Å². The number of H-pyrrole nitrogens is 1. The molecule has 2 aromatic rings. The fraction of sp³-hybridized carbons (Fsp3) is 0.333. The average molecular weight is 221 g/mol. The van der Waals surface area contributed by atoms with Gasteiger partial charge >= 0.3 is 0 Å². The maximum absolute atomic E-state index is 11.4. The van der Waals surface area contributed by atoms with E-state index < -0.39 is 0 Å². The van der Waals surface area contributed by atoms with E-state index in [4.69, 9.17) is 4.42 Å². The quantitative estimate of drug-likeness (QED) is 0.807. The average Bonchev–Trinajstić information content (AvgIpc) is 2.85. The van der Waals surface area contributed by atoms with Crippen LogP contribution >= 0.6 is 0 Å². The van der Waals surface area contributed by atoms with Crippen molar-refractivity contribution < 1.29 is 9.21 Å². The molecule has 0 fully saturated rings. The normalized spacial score (nSPS) is 10.7. The van der Waals surface area contributed by atoms with Crippen molar-refractivity contribution in [2.75, 3.05) is 5.32 Å². The van der Waals surface area contributed by atoms with Gasteiger partial charge in [0.05, 0.1) is 6.20 Å². The van der Waals surface area contributed by atoms with Gasteiger partial charge in [-0.05, 0) is 0 Å². The number of carbonyl (C=O) groups is 1. The molecule has 0 radical (unpaired) electrons. The van der Waals surface area contributed by atoms with Gasteiger partial charge in [0.1, 0.15) is 6.26 Å². The lowest BCUT2D eigenvalue weighted by Crippen LogP contribution is -2.18. The molecule has 2 heterocycles. The molecule has 0 aliphatic heterocycles. The maximum Gasteiger partial charge on any atom is 0.264 e. The summed E-state index contributed by atoms with van der Waals surface area (Å²) in [7, 11) is 0. The molecule has 1 amide bonds. The Labute approximate surface area is 91.3 Å². The van der Waals surface area contributed by atoms with Crippen LogP contribution < -0.4 is 5.32 Å². The van der Waals surface area contributed by atoms with Crippen LogP contribution in [0.15, 0.2) is 16.9 Å². The minimum atomic E-state index is -0.141. The number of hydrogen-bond donors (Lipinski definition) is 2. The summed E-state index contributed by atoms with van der Waals surface area (Å²) in [6.07, 6.45) is 2.94. The third-order valence-electron chi connectivity index (χ3n) is 1.88. The molecule has 0 spiro atoms. The summed E-state index contributed by atoms with van der Waals surface area (Å²) in [4.78, 5) is 19.3. The van der Waals surface area contributed by atoms with E-state index >= 15 is 0 Å². The minimum absolute atomic E-state index is 0.122. The van der Waals surface area contributed by atoms with Gasteiger partial charge in [0.2, 0.25) is 17.7 Å². The Balaban J connectivity index is 2.11. The van der Waals surface area contributed by atoms with E-state index in [9.17, 15) is 4.79 Å². The summed E-state index contributed by atoms with van der Waals surface area (Å²) >= 11 is 0. The van der Waals surface area contributed by atoms with Crippen molar-refractivity contribution in [2.24, 2.45) is 5.92 Å². The van der Waals surface area contributed by atoms with Crippen molar-refractivity contribution >= 4 is 11.9 Å². The second kappa shape index (κ2) is 4.13. The van der Waals surface area contributed by atoms with Gasteiger partial charge in [-0.1, -0.05) is 13.8 Å². The summed E-state index contributed by atoms with van der Waals surface area (Å²) < 4.78 is 5.03. The fourth-order valence-electron chi connectivity index (χ4n) is 1.01. The van der Waals surface area contributed by atoms with Gasteiger partial charge in [-0.2, -0.15) is 4.98 Å². The largest absolute Gasteiger partial charge is 0.442 e. The first-order valence-corrected chi connectivity index (χ1v) is 4.80. The van der Waals surface area contributed by atoms with Crippen LogP contribution in [0, 0.1) is 5.92 Å². The molecule has 7 nitrogen and oxygen atoms in total. The van der Waals surface area contributed by atoms with Crippen molar-refractivity contribution in [2.45, 2.75) is 13.8 Å². The molecule has 84 valence electrons. The molecule has 2 aromatic heterocycles. The lowest BCUT2D eigenvalue weighted by Gasteiger charge is -2.01. The van der Waals surface area contributed by atoms with Crippen LogP contribution in [0.2, 0.25) is 0 Å². The highest BCUT2D eigenvalue weighted by atomic mass is 16.3. The molecule has 16 heavy (non-hydrogen) atoms. The highest BCUT2D eigenvalue weighted by Gasteiger charge is 2.13. The van der Waals surface area contributed by atoms with Crippen molar-refractivity contribution in [3.8, 4) is 11.7 Å². The predicted octanol–water partition coefficient (Wildman–Crippen LogP) is 1.05. The molecule has 0 aromatic carbocycles. The standard InChI is InChI=1S/C9H11N5O2/c1-5(2)7(15)12-9-11-6(13-14-9)8-10-3-4-16-8/h3-5H,1-2H3,(H2,11,12,13,14,15). The number of nitrogens with one attached hydrogen (secondary N) is 2. The Kier molecular flexibility index (Phi) is 2.67. The topological polar surface area (TPSA) is 96.7 Å². The zero-order valence-electron chi connectivity index (χ0n) is 8.89. The Bertz CT molecular complexity index is 474. The highest BCUT2D eigenvalue weighted by Crippen LogP contribution is 2.12. The van der Waals surface area contributed by atoms with Crippen LogP contribution in [0.4, 0.5) is 5.95 Å². The Morgan fingerprint density at radius 1 is 1.56 bits per heavy atom. The number of hydrogen-bond acceptors (Lipinski definition) is 5. The third-order valence-corrected chi connectivity index (χ3v) is 1.88. The minimum Gasteiger partial charge on any atom is -0.442 e. The van der Waals surface area contributed by atoms with Crippen molar-refractivity contribution in [1.29, 1.82) is 0 Å². The Hall–Kier alpha value is -2.18. The number of rotatable bonds is 3. The predicted molar refractivity (Wildman–Crippen MR) is 55.3 cm³/mol. The Morgan fingerprint density at radius 2 is 2.38 bits per heavy atom. The SMILES string of the molecule is CC(C)C(=O)Nc1n[nH]c(-c2ncco2)n1. The molecule has 0 saturated heterocycles. The number of aromatic nitrogens is 4. The van der Waals surface area contributed by atoms with Crippen molar-refractivity contribution in [3.63, 3.8) is 0 Å². The van der Waals surface area contributed by atoms with E-state index in [0.717, 1.165) is 0 Å². The molecule has 2 N–H and O–H groups in total. The molecule has 2 rings (SSSR count). The lowest BCUT2D eigenvalue weighted by atomic mass is 10.2. The van der Waals surface area contributed by atoms with E-state index in [-0.39, 0.29) is 17.8 Å². The van der Waals surface area contributed by atoms with E-state index in [1.54, 1.807) is 13.8 Å². The molecular formula is C9H11N5O2. The van der Waals surface area contributed by atoms with Gasteiger partial charge in [0, 0.05) is 5.92 Å². The summed E-state index contributed by atoms with van der Waals surface area (Å²) in [6.45, 7) is 3.58. The second-order valence-electron chi connectivity index (χ2n) is 3.49. The van der Waals surface area contributed by atoms with Gasteiger partial charge in [-0.3, -0.25) is 15.2 Å². The number of amides is 1. The Morgan fingerprint density at radius 3 is 3.00 bits per heavy atom. The summed E-state index contributed by atoms with van der Waals surface area (Å²) in [5.74, 6) is 0.662. The number of carbonyl (C=O) groups excluding carboxylic acids is 1. The molecule has 0 aliphatic carbocycles. The number of nitrogens with zero attached hydrogens (tertiary/aromatic N) is 3. The molecule has 0 saturated carbocycles. The third kappa shape index (κ3) is 2.08. The van der Waals surface area contributed by atoms with E-state index in [1.807, 2.05) is 0 Å². The summed E-state index contributed by atoms with van der Waals surface area (Å²) in [5.41, 5.74) is 0. The smallest absolute Gasteiger partial charge is 0.264 e. The summed E-state index contributed by atoms with van der Waals surface area (Å²) in [5, 5.41) is 9.01. The second-order valence-corrected chi connectivity index (χ2v) is 3.49. The van der Waals surface area contributed by atoms with Crippen molar-refractivity contribution in [3.05, 3.63) is 12.5 Å². The van der Waals surface area contributed by atoms with Crippen molar-refractivity contribution in [1.82, 2.24) is 20.2 Å². The van der Waals surface area contributed by atoms with E-state index in [0.29, 0.717) is 11.7 Å². The van der Waals surface area contributed by atoms with E-state index in [2.05, 4.69) is 25.5 Å². The lowest BCUT2D eigenvalue weighted by molar-refractivity contribution is -0.118. The zero-order chi connectivity index (χ0) is 11.5. The molecule has 0 unspecified atom stereocenters. The van der Waals surface area contributed by atoms with Gasteiger partial charge < -0.3 is 4.42 Å². The van der Waals surface area contributed by atoms with Crippen LogP contribution in [-0.2, 0) is 4.79 Å². The molecule has 0 bridgehead atoms. The molecule has 0 atom stereocenters. The first-order chi connectivity index (χ1) is 7.66. The first-order valence-electron chi connectivity index (χ1n) is 4.80. The van der Waals surface area contributed by atoms with Gasteiger partial charge in [-0.25, -0.2) is 4.98 Å². The number of aromatic amines is 1. The monoisotopic (exact) mass is 221 g/mol. The van der Waals surface area contributed by atoms with Crippen LogP contribution in [0.25, 0.3) is 11.7 Å². The van der Waals surface area contributed by atoms with Gasteiger partial charge in [0.15, 0.2) is 0 Å². The van der Waals surface area contributed by atoms with Gasteiger partial charge in [0.25, 0.3) is 5.89 Å². The van der Waals surface area contributed by atoms with Crippen LogP contribution in [0.5, 0.6) is 0 Å². The highest BCUT2D eigenvalue weighted by molar-refractivity contribution is 5.90. The van der Waals surface area contributed by atoms with E-state index in [1.165, 1.54) is 12.5 Å².